The van der Waals surface area contributed by atoms with Gasteiger partial charge in [-0.1, -0.05) is 267 Å². The van der Waals surface area contributed by atoms with Gasteiger partial charge in [0.15, 0.2) is 34.9 Å². The maximum atomic E-state index is 6.77. The van der Waals surface area contributed by atoms with Crippen LogP contribution in [0.15, 0.2) is 349 Å². The quantitative estimate of drug-likeness (QED) is 0.125. The first-order chi connectivity index (χ1) is 51.5. The lowest BCUT2D eigenvalue weighted by molar-refractivity contribution is 0.669. The zero-order valence-corrected chi connectivity index (χ0v) is 55.8. The van der Waals surface area contributed by atoms with Crippen molar-refractivity contribution in [3.8, 4) is 113 Å². The second-order valence-electron chi connectivity index (χ2n) is 26.8. The van der Waals surface area contributed by atoms with Gasteiger partial charge in [-0.15, -0.1) is 0 Å². The van der Waals surface area contributed by atoms with Crippen molar-refractivity contribution in [1.82, 2.24) is 29.9 Å². The Kier molecular flexibility index (Phi) is 13.5. The fraction of sp³-hybridized carbons (Fsp3) is 0. The molecule has 0 aliphatic carbocycles. The smallest absolute Gasteiger partial charge is 0.164 e. The number of rotatable bonds is 10. The molecule has 0 atom stereocenters. The third-order valence-corrected chi connectivity index (χ3v) is 20.7. The molecule has 8 nitrogen and oxygen atoms in total. The van der Waals surface area contributed by atoms with Gasteiger partial charge in [0.1, 0.15) is 22.3 Å². The van der Waals surface area contributed by atoms with E-state index in [9.17, 15) is 0 Å². The van der Waals surface area contributed by atoms with Crippen molar-refractivity contribution in [2.75, 3.05) is 0 Å². The maximum absolute atomic E-state index is 6.77. The molecule has 0 saturated carbocycles. The van der Waals surface area contributed by atoms with Crippen LogP contribution in [0, 0.1) is 0 Å². The fourth-order valence-corrected chi connectivity index (χ4v) is 15.6. The van der Waals surface area contributed by atoms with E-state index in [1.54, 1.807) is 0 Å². The van der Waals surface area contributed by atoms with Crippen LogP contribution in [-0.4, -0.2) is 29.9 Å². The molecule has 0 amide bonds. The number of aromatic nitrogens is 6. The van der Waals surface area contributed by atoms with Crippen LogP contribution < -0.4 is 0 Å². The lowest BCUT2D eigenvalue weighted by Gasteiger charge is -2.14. The van der Waals surface area contributed by atoms with Gasteiger partial charge in [-0.2, -0.15) is 0 Å². The average Bonchev–Trinajstić information content (AvgIpc) is 1.05. The minimum atomic E-state index is 0.565. The van der Waals surface area contributed by atoms with Crippen LogP contribution in [0.1, 0.15) is 0 Å². The van der Waals surface area contributed by atoms with E-state index in [-0.39, 0.29) is 0 Å². The van der Waals surface area contributed by atoms with E-state index in [1.807, 2.05) is 66.7 Å². The molecule has 0 bridgehead atoms. The Morgan fingerprint density at radius 1 is 0.125 bits per heavy atom. The zero-order chi connectivity index (χ0) is 68.3. The summed E-state index contributed by atoms with van der Waals surface area (Å²) in [5.41, 5.74) is 17.3. The van der Waals surface area contributed by atoms with Gasteiger partial charge in [-0.25, -0.2) is 29.9 Å². The molecule has 8 heteroatoms. The van der Waals surface area contributed by atoms with Crippen LogP contribution in [0.25, 0.3) is 221 Å². The molecule has 104 heavy (non-hydrogen) atoms. The Morgan fingerprint density at radius 2 is 0.327 bits per heavy atom. The molecule has 4 aromatic heterocycles. The summed E-state index contributed by atoms with van der Waals surface area (Å²) in [6, 6.07) is 120. The van der Waals surface area contributed by atoms with Crippen LogP contribution in [0.4, 0.5) is 0 Å². The highest BCUT2D eigenvalue weighted by Crippen LogP contribution is 2.44. The van der Waals surface area contributed by atoms with E-state index in [4.69, 9.17) is 38.7 Å². The topological polar surface area (TPSA) is 104 Å². The van der Waals surface area contributed by atoms with Crippen LogP contribution >= 0.6 is 0 Å². The average molecular weight is 1330 g/mol. The molecule has 482 valence electrons. The number of hydrogen-bond donors (Lipinski definition) is 0. The molecule has 21 rings (SSSR count). The highest BCUT2D eigenvalue weighted by Gasteiger charge is 2.21. The first kappa shape index (κ1) is 58.8. The van der Waals surface area contributed by atoms with E-state index >= 15 is 0 Å². The summed E-state index contributed by atoms with van der Waals surface area (Å²) in [5, 5.41) is 18.6. The van der Waals surface area contributed by atoms with Gasteiger partial charge in [-0.05, 0) is 182 Å². The number of fused-ring (bicyclic) bond motifs is 18. The lowest BCUT2D eigenvalue weighted by Crippen LogP contribution is -2.00. The van der Waals surface area contributed by atoms with Gasteiger partial charge in [0, 0.05) is 54.9 Å². The van der Waals surface area contributed by atoms with E-state index in [1.165, 1.54) is 59.2 Å². The number of benzene rings is 17. The Morgan fingerprint density at radius 3 is 0.712 bits per heavy atom. The standard InChI is InChI=1S/C96H56N6O2/c1-4-17-57(18-5-1)65-37-45-80-82-47-40-69(55-89(82)103-87(80)53-65)95-99-91(60-19-6-2-7-20-60)97-93(101-95)67-24-16-23-62(49-67)64-36-42-77-74-28-13-15-30-76(74)84-50-63(35-43-79(84)85(77)51-64)58-31-33-59(34-32-58)66-38-46-81-83-48-41-70(56-90(83)104-88(81)54-66)96-100-92(61-21-8-3-9-22-61)98-94(102-96)68-39-44-78-73-27-11-10-25-71(73)72-26-12-14-29-75(72)86(78)52-68/h1-56H. The van der Waals surface area contributed by atoms with Gasteiger partial charge < -0.3 is 8.83 Å². The largest absolute Gasteiger partial charge is 0.456 e. The third-order valence-electron chi connectivity index (χ3n) is 20.7. The molecular weight excluding hydrogens is 1270 g/mol. The summed E-state index contributed by atoms with van der Waals surface area (Å²) in [6.07, 6.45) is 0. The Hall–Kier alpha value is -14.1. The second-order valence-corrected chi connectivity index (χ2v) is 26.8. The monoisotopic (exact) mass is 1320 g/mol. The highest BCUT2D eigenvalue weighted by molar-refractivity contribution is 6.27. The Bertz CT molecular complexity index is 7060. The summed E-state index contributed by atoms with van der Waals surface area (Å²) in [5.74, 6) is 3.52. The normalized spacial score (nSPS) is 11.8. The Labute approximate surface area is 596 Å². The summed E-state index contributed by atoms with van der Waals surface area (Å²) < 4.78 is 13.3. The SMILES string of the molecule is c1ccc(-c2ccc3c(c2)oc2cc(-c4nc(-c5ccccc5)nc(-c5cccc(-c6ccc7c8ccccc8c8cc(-c9ccc(-c%10ccc%11c(c%10)oc%10cc(-c%12nc(-c%13ccccc%13)nc(-c%13ccc%14c%15ccccc%15c%15ccccc%15c%14c%13)n%12)ccc%10%11)cc9)ccc8c7c6)c5)n4)ccc23)cc1. The minimum absolute atomic E-state index is 0.565. The van der Waals surface area contributed by atoms with E-state index in [0.717, 1.165) is 127 Å². The summed E-state index contributed by atoms with van der Waals surface area (Å²) >= 11 is 0. The minimum Gasteiger partial charge on any atom is -0.456 e. The highest BCUT2D eigenvalue weighted by atomic mass is 16.3. The van der Waals surface area contributed by atoms with Crippen molar-refractivity contribution in [2.24, 2.45) is 0 Å². The van der Waals surface area contributed by atoms with Crippen LogP contribution in [-0.2, 0) is 0 Å². The Balaban J connectivity index is 0.588. The number of furan rings is 2. The van der Waals surface area contributed by atoms with E-state index in [2.05, 4.69) is 273 Å². The molecular formula is C96H56N6O2. The summed E-state index contributed by atoms with van der Waals surface area (Å²) in [6.45, 7) is 0. The van der Waals surface area contributed by atoms with Crippen molar-refractivity contribution < 1.29 is 8.83 Å². The maximum Gasteiger partial charge on any atom is 0.164 e. The van der Waals surface area contributed by atoms with Gasteiger partial charge in [-0.3, -0.25) is 0 Å². The molecule has 0 unspecified atom stereocenters. The van der Waals surface area contributed by atoms with E-state index in [0.29, 0.717) is 34.9 Å². The molecule has 0 fully saturated rings. The molecule has 0 aliphatic heterocycles. The molecule has 0 N–H and O–H groups in total. The molecule has 0 aliphatic rings. The summed E-state index contributed by atoms with van der Waals surface area (Å²) in [4.78, 5) is 30.9. The van der Waals surface area contributed by atoms with Crippen LogP contribution in [0.5, 0.6) is 0 Å². The zero-order valence-electron chi connectivity index (χ0n) is 55.8. The third kappa shape index (κ3) is 9.99. The van der Waals surface area contributed by atoms with Gasteiger partial charge in [0.2, 0.25) is 0 Å². The van der Waals surface area contributed by atoms with E-state index < -0.39 is 0 Å². The van der Waals surface area contributed by atoms with Crippen molar-refractivity contribution in [3.63, 3.8) is 0 Å². The first-order valence-electron chi connectivity index (χ1n) is 35.0. The molecule has 0 saturated heterocycles. The predicted octanol–water partition coefficient (Wildman–Crippen LogP) is 25.4. The van der Waals surface area contributed by atoms with Crippen LogP contribution in [0.2, 0.25) is 0 Å². The molecule has 17 aromatic carbocycles. The van der Waals surface area contributed by atoms with Crippen molar-refractivity contribution >= 4 is 109 Å². The van der Waals surface area contributed by atoms with Gasteiger partial charge in [0.05, 0.1) is 0 Å². The fourth-order valence-electron chi connectivity index (χ4n) is 15.6. The molecule has 21 aromatic rings. The van der Waals surface area contributed by atoms with Crippen molar-refractivity contribution in [1.29, 1.82) is 0 Å². The molecule has 0 radical (unpaired) electrons. The lowest BCUT2D eigenvalue weighted by atomic mass is 9.90. The summed E-state index contributed by atoms with van der Waals surface area (Å²) in [7, 11) is 0. The van der Waals surface area contributed by atoms with Gasteiger partial charge >= 0.3 is 0 Å². The van der Waals surface area contributed by atoms with Crippen molar-refractivity contribution in [3.05, 3.63) is 340 Å². The second kappa shape index (κ2) is 23.8. The number of hydrogen-bond acceptors (Lipinski definition) is 8. The van der Waals surface area contributed by atoms with Crippen molar-refractivity contribution in [2.45, 2.75) is 0 Å². The molecule has 4 heterocycles. The number of nitrogens with zero attached hydrogens (tertiary/aromatic N) is 6. The first-order valence-corrected chi connectivity index (χ1v) is 35.0. The van der Waals surface area contributed by atoms with Crippen LogP contribution in [0.3, 0.4) is 0 Å². The molecule has 0 spiro atoms. The predicted molar refractivity (Wildman–Crippen MR) is 427 cm³/mol. The van der Waals surface area contributed by atoms with Gasteiger partial charge in [0.25, 0.3) is 0 Å².